The zero-order valence-electron chi connectivity index (χ0n) is 14.3. The number of carbonyl (C=O) groups is 2. The lowest BCUT2D eigenvalue weighted by molar-refractivity contribution is -0.135. The molecule has 1 saturated heterocycles. The first-order valence-corrected chi connectivity index (χ1v) is 8.87. The minimum Gasteiger partial charge on any atom is -0.469 e. The van der Waals surface area contributed by atoms with Gasteiger partial charge in [-0.3, -0.25) is 9.59 Å². The van der Waals surface area contributed by atoms with Crippen molar-refractivity contribution in [3.63, 3.8) is 0 Å². The SMILES string of the molecule is O=C(CCc1ccco1)N[C@@H](Cc1ccccc1)C(=O)N1CCCC1. The highest BCUT2D eigenvalue weighted by molar-refractivity contribution is 5.88. The molecule has 2 heterocycles. The van der Waals surface area contributed by atoms with Gasteiger partial charge in [-0.15, -0.1) is 0 Å². The molecule has 132 valence electrons. The van der Waals surface area contributed by atoms with Gasteiger partial charge in [0.15, 0.2) is 0 Å². The monoisotopic (exact) mass is 340 g/mol. The van der Waals surface area contributed by atoms with E-state index in [1.54, 1.807) is 6.26 Å². The third kappa shape index (κ3) is 4.95. The van der Waals surface area contributed by atoms with Gasteiger partial charge in [0.25, 0.3) is 0 Å². The van der Waals surface area contributed by atoms with Gasteiger partial charge < -0.3 is 14.6 Å². The summed E-state index contributed by atoms with van der Waals surface area (Å²) in [6.45, 7) is 1.57. The Morgan fingerprint density at radius 2 is 1.84 bits per heavy atom. The average molecular weight is 340 g/mol. The van der Waals surface area contributed by atoms with Crippen LogP contribution in [0.25, 0.3) is 0 Å². The van der Waals surface area contributed by atoms with Crippen molar-refractivity contribution in [3.05, 3.63) is 60.1 Å². The second kappa shape index (κ2) is 8.51. The maximum Gasteiger partial charge on any atom is 0.245 e. The molecule has 3 rings (SSSR count). The van der Waals surface area contributed by atoms with Crippen LogP contribution in [0.4, 0.5) is 0 Å². The van der Waals surface area contributed by atoms with Crippen molar-refractivity contribution in [2.45, 2.75) is 38.1 Å². The second-order valence-electron chi connectivity index (χ2n) is 6.42. The molecular weight excluding hydrogens is 316 g/mol. The van der Waals surface area contributed by atoms with Crippen LogP contribution in [-0.2, 0) is 22.4 Å². The Labute approximate surface area is 148 Å². The topological polar surface area (TPSA) is 62.6 Å². The van der Waals surface area contributed by atoms with Gasteiger partial charge in [-0.25, -0.2) is 0 Å². The molecule has 25 heavy (non-hydrogen) atoms. The van der Waals surface area contributed by atoms with Crippen LogP contribution in [0, 0.1) is 0 Å². The normalized spacial score (nSPS) is 15.1. The van der Waals surface area contributed by atoms with Crippen molar-refractivity contribution in [2.75, 3.05) is 13.1 Å². The zero-order chi connectivity index (χ0) is 17.5. The number of likely N-dealkylation sites (tertiary alicyclic amines) is 1. The third-order valence-corrected chi connectivity index (χ3v) is 4.51. The summed E-state index contributed by atoms with van der Waals surface area (Å²) >= 11 is 0. The van der Waals surface area contributed by atoms with Gasteiger partial charge in [0.05, 0.1) is 6.26 Å². The van der Waals surface area contributed by atoms with Crippen molar-refractivity contribution < 1.29 is 14.0 Å². The van der Waals surface area contributed by atoms with Gasteiger partial charge in [-0.05, 0) is 30.5 Å². The molecule has 0 saturated carbocycles. The molecule has 1 aliphatic heterocycles. The largest absolute Gasteiger partial charge is 0.469 e. The summed E-state index contributed by atoms with van der Waals surface area (Å²) in [7, 11) is 0. The minimum absolute atomic E-state index is 0.0210. The van der Waals surface area contributed by atoms with E-state index in [4.69, 9.17) is 4.42 Å². The van der Waals surface area contributed by atoms with Gasteiger partial charge in [0.1, 0.15) is 11.8 Å². The summed E-state index contributed by atoms with van der Waals surface area (Å²) < 4.78 is 5.26. The Morgan fingerprint density at radius 3 is 2.52 bits per heavy atom. The molecule has 0 radical (unpaired) electrons. The molecule has 5 nitrogen and oxygen atoms in total. The molecule has 0 spiro atoms. The highest BCUT2D eigenvalue weighted by Crippen LogP contribution is 2.13. The van der Waals surface area contributed by atoms with E-state index < -0.39 is 6.04 Å². The number of benzene rings is 1. The Morgan fingerprint density at radius 1 is 1.08 bits per heavy atom. The van der Waals surface area contributed by atoms with E-state index >= 15 is 0 Å². The summed E-state index contributed by atoms with van der Waals surface area (Å²) in [6, 6.07) is 13.0. The van der Waals surface area contributed by atoms with Crippen LogP contribution in [0.1, 0.15) is 30.6 Å². The van der Waals surface area contributed by atoms with E-state index in [2.05, 4.69) is 5.32 Å². The molecule has 0 unspecified atom stereocenters. The molecule has 5 heteroatoms. The van der Waals surface area contributed by atoms with Crippen molar-refractivity contribution >= 4 is 11.8 Å². The lowest BCUT2D eigenvalue weighted by Gasteiger charge is -2.24. The smallest absolute Gasteiger partial charge is 0.245 e. The molecule has 1 aromatic carbocycles. The Kier molecular flexibility index (Phi) is 5.88. The van der Waals surface area contributed by atoms with Crippen LogP contribution in [0.15, 0.2) is 53.1 Å². The van der Waals surface area contributed by atoms with Crippen molar-refractivity contribution in [1.29, 1.82) is 0 Å². The molecule has 2 amide bonds. The highest BCUT2D eigenvalue weighted by Gasteiger charge is 2.27. The fourth-order valence-corrected chi connectivity index (χ4v) is 3.17. The quantitative estimate of drug-likeness (QED) is 0.842. The summed E-state index contributed by atoms with van der Waals surface area (Å²) in [5.74, 6) is 0.679. The van der Waals surface area contributed by atoms with Crippen LogP contribution >= 0.6 is 0 Å². The average Bonchev–Trinajstić information content (AvgIpc) is 3.33. The first kappa shape index (κ1) is 17.3. The van der Waals surface area contributed by atoms with E-state index in [1.165, 1.54) is 0 Å². The molecule has 1 aromatic heterocycles. The van der Waals surface area contributed by atoms with Gasteiger partial charge in [-0.1, -0.05) is 30.3 Å². The van der Waals surface area contributed by atoms with Crippen LogP contribution in [0.2, 0.25) is 0 Å². The standard InChI is InChI=1S/C20H24N2O3/c23-19(11-10-17-9-6-14-25-17)21-18(15-16-7-2-1-3-8-16)20(24)22-12-4-5-13-22/h1-3,6-9,14,18H,4-5,10-13,15H2,(H,21,23)/t18-/m0/s1. The fourth-order valence-electron chi connectivity index (χ4n) is 3.17. The number of hydrogen-bond donors (Lipinski definition) is 1. The maximum absolute atomic E-state index is 12.8. The van der Waals surface area contributed by atoms with Crippen LogP contribution < -0.4 is 5.32 Å². The van der Waals surface area contributed by atoms with E-state index in [-0.39, 0.29) is 11.8 Å². The number of rotatable bonds is 7. The van der Waals surface area contributed by atoms with Gasteiger partial charge in [0.2, 0.25) is 11.8 Å². The Hall–Kier alpha value is -2.56. The molecule has 1 aliphatic rings. The molecule has 0 bridgehead atoms. The van der Waals surface area contributed by atoms with E-state index in [0.29, 0.717) is 19.3 Å². The summed E-state index contributed by atoms with van der Waals surface area (Å²) in [5.41, 5.74) is 1.05. The van der Waals surface area contributed by atoms with Gasteiger partial charge in [-0.2, -0.15) is 0 Å². The molecule has 1 atom stereocenters. The number of nitrogens with zero attached hydrogens (tertiary/aromatic N) is 1. The van der Waals surface area contributed by atoms with Crippen molar-refractivity contribution in [1.82, 2.24) is 10.2 Å². The summed E-state index contributed by atoms with van der Waals surface area (Å²) in [6.07, 6.45) is 5.04. The minimum atomic E-state index is -0.510. The molecule has 2 aromatic rings. The predicted molar refractivity (Wildman–Crippen MR) is 94.9 cm³/mol. The number of furan rings is 1. The van der Waals surface area contributed by atoms with Gasteiger partial charge >= 0.3 is 0 Å². The second-order valence-corrected chi connectivity index (χ2v) is 6.42. The third-order valence-electron chi connectivity index (χ3n) is 4.51. The van der Waals surface area contributed by atoms with E-state index in [0.717, 1.165) is 37.3 Å². The van der Waals surface area contributed by atoms with E-state index in [1.807, 2.05) is 47.4 Å². The Bertz CT molecular complexity index is 676. The number of amides is 2. The summed E-state index contributed by atoms with van der Waals surface area (Å²) in [5, 5.41) is 2.93. The number of aryl methyl sites for hydroxylation is 1. The highest BCUT2D eigenvalue weighted by atomic mass is 16.3. The van der Waals surface area contributed by atoms with Gasteiger partial charge in [0, 0.05) is 32.4 Å². The first-order valence-electron chi connectivity index (χ1n) is 8.87. The Balaban J connectivity index is 1.62. The molecule has 1 N–H and O–H groups in total. The zero-order valence-corrected chi connectivity index (χ0v) is 14.3. The fraction of sp³-hybridized carbons (Fsp3) is 0.400. The number of nitrogens with one attached hydrogen (secondary N) is 1. The molecule has 0 aliphatic carbocycles. The molecular formula is C20H24N2O3. The number of carbonyl (C=O) groups excluding carboxylic acids is 2. The lowest BCUT2D eigenvalue weighted by Crippen LogP contribution is -2.49. The predicted octanol–water partition coefficient (Wildman–Crippen LogP) is 2.56. The van der Waals surface area contributed by atoms with Crippen LogP contribution in [0.5, 0.6) is 0 Å². The first-order chi connectivity index (χ1) is 12.2. The maximum atomic E-state index is 12.8. The lowest BCUT2D eigenvalue weighted by atomic mass is 10.0. The number of hydrogen-bond acceptors (Lipinski definition) is 3. The summed E-state index contributed by atoms with van der Waals surface area (Å²) in [4.78, 5) is 27.0. The van der Waals surface area contributed by atoms with Crippen molar-refractivity contribution in [3.8, 4) is 0 Å². The van der Waals surface area contributed by atoms with E-state index in [9.17, 15) is 9.59 Å². The van der Waals surface area contributed by atoms with Crippen LogP contribution in [0.3, 0.4) is 0 Å². The molecule has 1 fully saturated rings. The van der Waals surface area contributed by atoms with Crippen molar-refractivity contribution in [2.24, 2.45) is 0 Å². The van der Waals surface area contributed by atoms with Crippen LogP contribution in [-0.4, -0.2) is 35.8 Å².